The van der Waals surface area contributed by atoms with Crippen LogP contribution in [-0.2, 0) is 12.8 Å². The first-order valence-electron chi connectivity index (χ1n) is 14.3. The summed E-state index contributed by atoms with van der Waals surface area (Å²) in [5.74, 6) is -0.523. The number of nitrogens with zero attached hydrogens (tertiary/aromatic N) is 3. The van der Waals surface area contributed by atoms with E-state index in [1.165, 1.54) is 9.80 Å². The van der Waals surface area contributed by atoms with E-state index >= 15 is 0 Å². The Morgan fingerprint density at radius 1 is 0.524 bits per heavy atom. The average molecular weight is 588 g/mol. The fourth-order valence-electron chi connectivity index (χ4n) is 4.61. The van der Waals surface area contributed by atoms with Crippen LogP contribution in [0.15, 0.2) is 60.3 Å². The van der Waals surface area contributed by atoms with Crippen LogP contribution in [0.25, 0.3) is 0 Å². The molecule has 2 aromatic carbocycles. The molecule has 11 nitrogen and oxygen atoms in total. The van der Waals surface area contributed by atoms with Gasteiger partial charge in [0.15, 0.2) is 0 Å². The number of aryl methyl sites for hydroxylation is 1. The number of rotatable bonds is 20. The lowest BCUT2D eigenvalue weighted by Gasteiger charge is -2.26. The van der Waals surface area contributed by atoms with Gasteiger partial charge in [0.2, 0.25) is 0 Å². The zero-order valence-corrected chi connectivity index (χ0v) is 24.1. The summed E-state index contributed by atoms with van der Waals surface area (Å²) in [5, 5.41) is 56.0. The topological polar surface area (TPSA) is 165 Å². The summed E-state index contributed by atoms with van der Waals surface area (Å²) in [6.07, 6.45) is 3.89. The van der Waals surface area contributed by atoms with Crippen molar-refractivity contribution in [1.82, 2.24) is 14.7 Å². The number of carbonyl (C=O) groups is 2. The van der Waals surface area contributed by atoms with Crippen LogP contribution in [-0.4, -0.2) is 136 Å². The van der Waals surface area contributed by atoms with Crippen molar-refractivity contribution in [1.29, 1.82) is 0 Å². The van der Waals surface area contributed by atoms with Gasteiger partial charge in [-0.15, -0.1) is 0 Å². The van der Waals surface area contributed by atoms with Crippen LogP contribution in [0.4, 0.5) is 0 Å². The van der Waals surface area contributed by atoms with E-state index in [1.807, 2.05) is 35.2 Å². The standard InChI is InChI=1S/C31H45N3O8/c35-19-13-32(14-20-36)29(11-5-25-1-7-27(8-2-25)30(41)33(15-21-37)16-22-38)12-6-26-3-9-28(10-4-26)31(42)34(17-23-39)18-24-40/h1-4,7-11,35-40H,5-6,12-24H2/b29-11+. The summed E-state index contributed by atoms with van der Waals surface area (Å²) >= 11 is 0. The molecule has 0 atom stereocenters. The normalized spacial score (nSPS) is 11.4. The number of allylic oxidation sites excluding steroid dienone is 2. The van der Waals surface area contributed by atoms with Gasteiger partial charge in [-0.25, -0.2) is 0 Å². The van der Waals surface area contributed by atoms with Gasteiger partial charge in [-0.2, -0.15) is 0 Å². The Morgan fingerprint density at radius 3 is 1.26 bits per heavy atom. The first-order chi connectivity index (χ1) is 20.4. The molecule has 42 heavy (non-hydrogen) atoms. The van der Waals surface area contributed by atoms with Gasteiger partial charge >= 0.3 is 0 Å². The second-order valence-electron chi connectivity index (χ2n) is 9.71. The third-order valence-electron chi connectivity index (χ3n) is 6.85. The van der Waals surface area contributed by atoms with Crippen LogP contribution in [0.2, 0.25) is 0 Å². The molecular weight excluding hydrogens is 542 g/mol. The number of aliphatic hydroxyl groups is 6. The molecule has 0 aliphatic heterocycles. The van der Waals surface area contributed by atoms with Gasteiger partial charge in [-0.05, 0) is 54.7 Å². The van der Waals surface area contributed by atoms with Crippen LogP contribution in [0.3, 0.4) is 0 Å². The minimum Gasteiger partial charge on any atom is -0.395 e. The summed E-state index contributed by atoms with van der Waals surface area (Å²) in [5.41, 5.74) is 3.85. The average Bonchev–Trinajstić information content (AvgIpc) is 3.01. The van der Waals surface area contributed by atoms with Crippen LogP contribution < -0.4 is 0 Å². The summed E-state index contributed by atoms with van der Waals surface area (Å²) in [4.78, 5) is 30.2. The highest BCUT2D eigenvalue weighted by atomic mass is 16.3. The second kappa shape index (κ2) is 19.7. The van der Waals surface area contributed by atoms with E-state index in [-0.39, 0.29) is 77.6 Å². The lowest BCUT2D eigenvalue weighted by molar-refractivity contribution is 0.0680. The molecule has 6 N–H and O–H groups in total. The van der Waals surface area contributed by atoms with E-state index in [2.05, 4.69) is 0 Å². The highest BCUT2D eigenvalue weighted by Crippen LogP contribution is 2.17. The van der Waals surface area contributed by atoms with Crippen LogP contribution in [0.1, 0.15) is 38.3 Å². The van der Waals surface area contributed by atoms with Crippen molar-refractivity contribution in [2.75, 3.05) is 78.9 Å². The zero-order valence-electron chi connectivity index (χ0n) is 24.1. The molecule has 232 valence electrons. The smallest absolute Gasteiger partial charge is 0.254 e. The first kappa shape index (κ1) is 34.9. The number of aliphatic hydroxyl groups excluding tert-OH is 6. The van der Waals surface area contributed by atoms with E-state index in [9.17, 15) is 40.2 Å². The van der Waals surface area contributed by atoms with Crippen molar-refractivity contribution >= 4 is 11.8 Å². The lowest BCUT2D eigenvalue weighted by Crippen LogP contribution is -2.35. The fourth-order valence-corrected chi connectivity index (χ4v) is 4.61. The van der Waals surface area contributed by atoms with Gasteiger partial charge in [0, 0.05) is 56.1 Å². The molecule has 0 aliphatic rings. The maximum atomic E-state index is 12.7. The molecular formula is C31H45N3O8. The molecule has 0 aliphatic carbocycles. The Labute approximate surface area is 247 Å². The summed E-state index contributed by atoms with van der Waals surface area (Å²) in [6, 6.07) is 14.3. The van der Waals surface area contributed by atoms with Gasteiger partial charge in [-0.3, -0.25) is 9.59 Å². The van der Waals surface area contributed by atoms with Crippen LogP contribution in [0, 0.1) is 0 Å². The summed E-state index contributed by atoms with van der Waals surface area (Å²) < 4.78 is 0. The SMILES string of the molecule is O=C(c1ccc(C/C=C(\CCc2ccc(C(=O)N(CCO)CCO)cc2)N(CCO)CCO)cc1)N(CCO)CCO. The minimum atomic E-state index is -0.264. The molecule has 0 bridgehead atoms. The Balaban J connectivity index is 2.15. The van der Waals surface area contributed by atoms with Gasteiger partial charge in [0.05, 0.1) is 39.6 Å². The van der Waals surface area contributed by atoms with Crippen LogP contribution >= 0.6 is 0 Å². The van der Waals surface area contributed by atoms with Crippen molar-refractivity contribution in [2.45, 2.75) is 19.3 Å². The maximum Gasteiger partial charge on any atom is 0.254 e. The lowest BCUT2D eigenvalue weighted by atomic mass is 10.0. The number of amides is 2. The molecule has 0 saturated carbocycles. The largest absolute Gasteiger partial charge is 0.395 e. The predicted octanol–water partition coefficient (Wildman–Crippen LogP) is -0.114. The van der Waals surface area contributed by atoms with Crippen molar-refractivity contribution in [2.24, 2.45) is 0 Å². The molecule has 0 aromatic heterocycles. The third kappa shape index (κ3) is 11.2. The third-order valence-corrected chi connectivity index (χ3v) is 6.85. The number of hydrogen-bond acceptors (Lipinski definition) is 9. The van der Waals surface area contributed by atoms with Gasteiger partial charge in [0.25, 0.3) is 11.8 Å². The highest BCUT2D eigenvalue weighted by Gasteiger charge is 2.16. The summed E-state index contributed by atoms with van der Waals surface area (Å²) in [7, 11) is 0. The Hall–Kier alpha value is -3.32. The van der Waals surface area contributed by atoms with E-state index in [0.29, 0.717) is 43.5 Å². The predicted molar refractivity (Wildman–Crippen MR) is 159 cm³/mol. The van der Waals surface area contributed by atoms with Gasteiger partial charge < -0.3 is 45.3 Å². The molecule has 0 radical (unpaired) electrons. The minimum absolute atomic E-state index is 0.0681. The molecule has 0 unspecified atom stereocenters. The highest BCUT2D eigenvalue weighted by molar-refractivity contribution is 5.94. The summed E-state index contributed by atoms with van der Waals surface area (Å²) in [6.45, 7) is 0.417. The van der Waals surface area contributed by atoms with Crippen molar-refractivity contribution in [3.63, 3.8) is 0 Å². The molecule has 2 rings (SSSR count). The molecule has 2 aromatic rings. The van der Waals surface area contributed by atoms with Gasteiger partial charge in [-0.1, -0.05) is 30.3 Å². The van der Waals surface area contributed by atoms with Gasteiger partial charge in [0.1, 0.15) is 0 Å². The van der Waals surface area contributed by atoms with Crippen molar-refractivity contribution in [3.8, 4) is 0 Å². The zero-order chi connectivity index (χ0) is 30.7. The Morgan fingerprint density at radius 2 is 0.881 bits per heavy atom. The molecule has 2 amide bonds. The van der Waals surface area contributed by atoms with E-state index in [4.69, 9.17) is 0 Å². The number of benzene rings is 2. The van der Waals surface area contributed by atoms with E-state index in [0.717, 1.165) is 16.8 Å². The molecule has 0 heterocycles. The molecule has 11 heteroatoms. The van der Waals surface area contributed by atoms with Crippen molar-refractivity contribution < 1.29 is 40.2 Å². The molecule has 0 saturated heterocycles. The Bertz CT molecular complexity index is 1070. The first-order valence-corrected chi connectivity index (χ1v) is 14.3. The number of hydrogen-bond donors (Lipinski definition) is 6. The Kier molecular flexibility index (Phi) is 16.4. The van der Waals surface area contributed by atoms with E-state index in [1.54, 1.807) is 24.3 Å². The monoisotopic (exact) mass is 587 g/mol. The molecule has 0 fully saturated rings. The van der Waals surface area contributed by atoms with Crippen LogP contribution in [0.5, 0.6) is 0 Å². The maximum absolute atomic E-state index is 12.7. The van der Waals surface area contributed by atoms with Crippen molar-refractivity contribution in [3.05, 3.63) is 82.6 Å². The molecule has 0 spiro atoms. The quantitative estimate of drug-likeness (QED) is 0.124. The van der Waals surface area contributed by atoms with E-state index < -0.39 is 0 Å². The fraction of sp³-hybridized carbons (Fsp3) is 0.484. The second-order valence-corrected chi connectivity index (χ2v) is 9.71. The number of carbonyl (C=O) groups excluding carboxylic acids is 2.